The first kappa shape index (κ1) is 53.8. The lowest BCUT2D eigenvalue weighted by Crippen LogP contribution is -2.27. The summed E-state index contributed by atoms with van der Waals surface area (Å²) in [5.74, 6) is -0.992. The van der Waals surface area contributed by atoms with E-state index in [2.05, 4.69) is 91.1 Å². The van der Waals surface area contributed by atoms with Gasteiger partial charge in [-0.15, -0.1) is 29.8 Å². The van der Waals surface area contributed by atoms with Crippen molar-refractivity contribution in [3.63, 3.8) is 0 Å². The second kappa shape index (κ2) is 23.0. The smallest absolute Gasteiger partial charge is 0.320 e. The molecule has 0 aliphatic heterocycles. The van der Waals surface area contributed by atoms with Crippen molar-refractivity contribution >= 4 is 78.5 Å². The molecule has 0 radical (unpaired) electrons. The van der Waals surface area contributed by atoms with Crippen LogP contribution in [0.1, 0.15) is 29.2 Å². The van der Waals surface area contributed by atoms with Crippen molar-refractivity contribution in [2.75, 3.05) is 42.2 Å². The number of anilines is 3. The quantitative estimate of drug-likeness (QED) is 0.00912. The minimum atomic E-state index is -4.28. The Morgan fingerprint density at radius 1 is 0.753 bits per heavy atom. The molecule has 10 N–H and O–H groups in total. The van der Waals surface area contributed by atoms with Crippen LogP contribution >= 0.6 is 12.0 Å². The Hall–Kier alpha value is -9.47. The predicted octanol–water partition coefficient (Wildman–Crippen LogP) is 3.68. The molecule has 6 heterocycles. The summed E-state index contributed by atoms with van der Waals surface area (Å²) in [6.45, 7) is 12.3. The van der Waals surface area contributed by atoms with E-state index >= 15 is 0 Å². The zero-order valence-electron chi connectivity index (χ0n) is 39.9. The number of aryl methyl sites for hydroxylation is 3. The number of hydrogen-bond donors (Lipinski definition) is 8. The van der Waals surface area contributed by atoms with Crippen LogP contribution < -0.4 is 27.0 Å². The number of nitrogens with one attached hydrogen (secondary N) is 3. The monoisotopic (exact) mass is 1110 g/mol. The van der Waals surface area contributed by atoms with Crippen LogP contribution in [0, 0.1) is 38.7 Å². The SMILES string of the molecule is [C-]#[N+]c1cnn(-c2ccc(S(=O)(=O)NCCCNOOSc3ccc(-n4ncc(C#N)c4/N=N/c4c(C)nn(-c5nc(O)nc(NCCS(=O)(=O)O)n5)c4N)cc3)cc2)c1/N=N/c1c(C)nn(-c2nc(C)nc(O)n2)c1N. The second-order valence-electron chi connectivity index (χ2n) is 15.5. The number of nitrogens with zero attached hydrogens (tertiary/aromatic N) is 20. The van der Waals surface area contributed by atoms with Gasteiger partial charge in [0.05, 0.1) is 64.4 Å². The highest BCUT2D eigenvalue weighted by molar-refractivity contribution is 7.94. The van der Waals surface area contributed by atoms with Crippen LogP contribution in [-0.2, 0) is 29.5 Å². The van der Waals surface area contributed by atoms with Gasteiger partial charge in [-0.1, -0.05) is 0 Å². The van der Waals surface area contributed by atoms with E-state index < -0.39 is 37.9 Å². The van der Waals surface area contributed by atoms with Crippen LogP contribution in [0.3, 0.4) is 0 Å². The standard InChI is InChI=1S/C40H39N25O9S3/c1-21-30(33(43)65(61-21)38-52-36(53-40(67)55-38)45-16-17-76(68,69)70)56-58-34-24(18-41)19-46-62(34)25-6-10-27(11-7-25)75-74-73-48-14-5-15-49-77(71,72)28-12-8-26(9-13-28)63-35(29(44-4)20-47-63)59-57-31-22(2)60-64(32(31)42)37-50-23(3)51-39(66)54-37/h6-13,19-20,48-49H,5,14-17,42-43H2,1-3H3,(H,68,69,70)(H,50,51,54,66)(H2,45,52,53,55,67)/b58-56+,59-57+. The van der Waals surface area contributed by atoms with Gasteiger partial charge in [0.2, 0.25) is 16.0 Å². The van der Waals surface area contributed by atoms with Gasteiger partial charge in [0.15, 0.2) is 34.6 Å². The number of aromatic nitrogens is 14. The first-order valence-electron chi connectivity index (χ1n) is 21.8. The van der Waals surface area contributed by atoms with Crippen molar-refractivity contribution in [3.8, 4) is 41.4 Å². The van der Waals surface area contributed by atoms with Crippen molar-refractivity contribution in [2.24, 2.45) is 20.5 Å². The minimum Gasteiger partial charge on any atom is -0.479 e. The van der Waals surface area contributed by atoms with E-state index in [-0.39, 0.29) is 99.8 Å². The molecule has 6 aromatic heterocycles. The number of azo groups is 2. The number of rotatable bonds is 22. The van der Waals surface area contributed by atoms with Crippen LogP contribution in [0.25, 0.3) is 28.1 Å². The number of hydrogen-bond acceptors (Lipinski definition) is 28. The van der Waals surface area contributed by atoms with Gasteiger partial charge in [-0.3, -0.25) is 4.55 Å². The van der Waals surface area contributed by atoms with Gasteiger partial charge < -0.3 is 27.0 Å². The molecule has 0 aliphatic rings. The topological polar surface area (TPSA) is 462 Å². The summed E-state index contributed by atoms with van der Waals surface area (Å²) in [7, 11) is -8.23. The fourth-order valence-electron chi connectivity index (χ4n) is 6.57. The van der Waals surface area contributed by atoms with E-state index in [0.717, 1.165) is 21.4 Å². The van der Waals surface area contributed by atoms with Gasteiger partial charge in [0, 0.05) is 24.5 Å². The van der Waals surface area contributed by atoms with E-state index in [9.17, 15) is 32.3 Å². The van der Waals surface area contributed by atoms with Gasteiger partial charge >= 0.3 is 12.0 Å². The van der Waals surface area contributed by atoms with Gasteiger partial charge in [-0.05, 0) is 75.7 Å². The normalized spacial score (nSPS) is 11.9. The number of benzene rings is 2. The van der Waals surface area contributed by atoms with Crippen LogP contribution in [0.2, 0.25) is 0 Å². The van der Waals surface area contributed by atoms with Gasteiger partial charge in [0.1, 0.15) is 17.5 Å². The van der Waals surface area contributed by atoms with Crippen LogP contribution in [0.4, 0.5) is 46.3 Å². The molecule has 0 bridgehead atoms. The number of nitrogen functional groups attached to an aromatic ring is 2. The highest BCUT2D eigenvalue weighted by Gasteiger charge is 2.22. The van der Waals surface area contributed by atoms with Crippen LogP contribution in [0.15, 0.2) is 91.2 Å². The molecule has 0 saturated heterocycles. The zero-order chi connectivity index (χ0) is 55.0. The molecule has 0 unspecified atom stereocenters. The molecular weight excluding hydrogens is 1070 g/mol. The summed E-state index contributed by atoms with van der Waals surface area (Å²) in [5.41, 5.74) is 17.0. The third kappa shape index (κ3) is 12.7. The Morgan fingerprint density at radius 2 is 1.34 bits per heavy atom. The number of nitriles is 1. The molecule has 0 fully saturated rings. The van der Waals surface area contributed by atoms with Gasteiger partial charge in [0.25, 0.3) is 27.7 Å². The summed E-state index contributed by atoms with van der Waals surface area (Å²) < 4.78 is 70.0. The van der Waals surface area contributed by atoms with E-state index in [1.807, 2.05) is 6.07 Å². The maximum Gasteiger partial charge on any atom is 0.320 e. The third-order valence-corrected chi connectivity index (χ3v) is 12.9. The summed E-state index contributed by atoms with van der Waals surface area (Å²) in [6.07, 6.45) is 2.88. The highest BCUT2D eigenvalue weighted by atomic mass is 32.2. The molecule has 0 saturated carbocycles. The Morgan fingerprint density at radius 3 is 1.95 bits per heavy atom. The first-order chi connectivity index (χ1) is 36.8. The molecule has 77 heavy (non-hydrogen) atoms. The molecule has 0 atom stereocenters. The van der Waals surface area contributed by atoms with Gasteiger partial charge in [-0.2, -0.15) is 78.8 Å². The second-order valence-corrected chi connectivity index (χ2v) is 19.6. The Bertz CT molecular complexity index is 3840. The average molecular weight is 1110 g/mol. The van der Waals surface area contributed by atoms with Crippen molar-refractivity contribution in [3.05, 3.63) is 95.1 Å². The van der Waals surface area contributed by atoms with Crippen LogP contribution in [0.5, 0.6) is 12.0 Å². The number of nitrogens with two attached hydrogens (primary N) is 2. The van der Waals surface area contributed by atoms with Crippen LogP contribution in [-0.4, -0.2) is 126 Å². The predicted molar refractivity (Wildman–Crippen MR) is 267 cm³/mol. The van der Waals surface area contributed by atoms with Gasteiger partial charge in [-0.25, -0.2) is 27.3 Å². The average Bonchev–Trinajstić information content (AvgIpc) is 4.16. The lowest BCUT2D eigenvalue weighted by Gasteiger charge is -2.09. The number of sulfonamides is 1. The third-order valence-electron chi connectivity index (χ3n) is 10.1. The highest BCUT2D eigenvalue weighted by Crippen LogP contribution is 2.36. The number of hydroxylamine groups is 1. The summed E-state index contributed by atoms with van der Waals surface area (Å²) in [5, 5.41) is 66.3. The molecule has 0 spiro atoms. The molecule has 0 amide bonds. The molecule has 396 valence electrons. The van der Waals surface area contributed by atoms with Crippen molar-refractivity contribution in [1.82, 2.24) is 79.2 Å². The summed E-state index contributed by atoms with van der Waals surface area (Å²) in [6, 6.07) is 13.1. The minimum absolute atomic E-state index is 0.000998. The Balaban J connectivity index is 0.806. The van der Waals surface area contributed by atoms with Crippen molar-refractivity contribution < 1.29 is 40.9 Å². The van der Waals surface area contributed by atoms with E-state index in [1.165, 1.54) is 46.0 Å². The van der Waals surface area contributed by atoms with E-state index in [4.69, 9.17) is 31.9 Å². The van der Waals surface area contributed by atoms with E-state index in [1.54, 1.807) is 45.0 Å². The molecule has 0 aliphatic carbocycles. The largest absolute Gasteiger partial charge is 0.479 e. The fraction of sp³-hybridized carbons (Fsp3) is 0.200. The molecule has 34 nitrogen and oxygen atoms in total. The molecular formula is C40H39N25O9S3. The maximum absolute atomic E-state index is 13.1. The first-order valence-corrected chi connectivity index (χ1v) is 25.6. The lowest BCUT2D eigenvalue weighted by atomic mass is 10.3. The fourth-order valence-corrected chi connectivity index (χ4v) is 8.41. The van der Waals surface area contributed by atoms with Crippen molar-refractivity contribution in [1.29, 1.82) is 5.26 Å². The Kier molecular flexibility index (Phi) is 16.1. The summed E-state index contributed by atoms with van der Waals surface area (Å²) in [4.78, 5) is 32.4. The Labute approximate surface area is 438 Å². The molecule has 2 aromatic carbocycles. The number of aromatic hydroxyl groups is 2. The zero-order valence-corrected chi connectivity index (χ0v) is 42.4. The van der Waals surface area contributed by atoms with E-state index in [0.29, 0.717) is 28.4 Å². The summed E-state index contributed by atoms with van der Waals surface area (Å²) >= 11 is 0.863. The van der Waals surface area contributed by atoms with Crippen molar-refractivity contribution in [2.45, 2.75) is 37.0 Å². The lowest BCUT2D eigenvalue weighted by molar-refractivity contribution is -0.244. The maximum atomic E-state index is 13.1. The molecule has 37 heteroatoms. The molecule has 8 rings (SSSR count). The molecule has 8 aromatic rings.